The van der Waals surface area contributed by atoms with E-state index in [0.717, 1.165) is 16.7 Å². The summed E-state index contributed by atoms with van der Waals surface area (Å²) in [5.41, 5.74) is 3.41. The summed E-state index contributed by atoms with van der Waals surface area (Å²) in [5.74, 6) is 0.215. The van der Waals surface area contributed by atoms with Crippen LogP contribution in [0.15, 0.2) is 40.9 Å². The number of benzene rings is 2. The quantitative estimate of drug-likeness (QED) is 0.548. The van der Waals surface area contributed by atoms with Gasteiger partial charge in [-0.3, -0.25) is 0 Å². The molecule has 146 valence electrons. The van der Waals surface area contributed by atoms with Crippen LogP contribution in [0.25, 0.3) is 0 Å². The Balaban J connectivity index is 2.34. The number of carbonyl (C=O) groups is 1. The average Bonchev–Trinajstić information content (AvgIpc) is 2.60. The smallest absolute Gasteiger partial charge is 0.339 e. The van der Waals surface area contributed by atoms with Crippen LogP contribution in [0.4, 0.5) is 0 Å². The van der Waals surface area contributed by atoms with Crippen molar-refractivity contribution in [3.8, 4) is 5.75 Å². The van der Waals surface area contributed by atoms with E-state index in [2.05, 4.69) is 35.0 Å². The van der Waals surface area contributed by atoms with Crippen molar-refractivity contribution in [1.82, 2.24) is 0 Å². The summed E-state index contributed by atoms with van der Waals surface area (Å²) in [7, 11) is 1.36. The van der Waals surface area contributed by atoms with E-state index in [1.807, 2.05) is 52.0 Å². The van der Waals surface area contributed by atoms with Gasteiger partial charge in [-0.1, -0.05) is 35.9 Å². The van der Waals surface area contributed by atoms with Crippen LogP contribution in [-0.4, -0.2) is 18.7 Å². The van der Waals surface area contributed by atoms with Crippen LogP contribution in [-0.2, 0) is 20.9 Å². The Morgan fingerprint density at radius 2 is 1.70 bits per heavy atom. The van der Waals surface area contributed by atoms with Gasteiger partial charge in [-0.05, 0) is 67.7 Å². The first-order valence-corrected chi connectivity index (χ1v) is 9.64. The van der Waals surface area contributed by atoms with E-state index in [4.69, 9.17) is 14.2 Å². The first kappa shape index (κ1) is 21.5. The lowest BCUT2D eigenvalue weighted by Crippen LogP contribution is -2.29. The molecule has 0 spiro atoms. The normalized spacial score (nSPS) is 12.6. The maximum atomic E-state index is 12.4. The zero-order valence-electron chi connectivity index (χ0n) is 16.8. The summed E-state index contributed by atoms with van der Waals surface area (Å²) < 4.78 is 17.7. The topological polar surface area (TPSA) is 44.8 Å². The molecule has 2 rings (SSSR count). The fourth-order valence-electron chi connectivity index (χ4n) is 2.63. The monoisotopic (exact) mass is 434 g/mol. The highest BCUT2D eigenvalue weighted by Crippen LogP contribution is 2.38. The van der Waals surface area contributed by atoms with Gasteiger partial charge in [0.25, 0.3) is 0 Å². The number of hydrogen-bond acceptors (Lipinski definition) is 4. The van der Waals surface area contributed by atoms with Gasteiger partial charge in [0.15, 0.2) is 6.10 Å². The number of hydrogen-bond donors (Lipinski definition) is 0. The zero-order valence-corrected chi connectivity index (χ0v) is 18.3. The molecule has 0 aliphatic heterocycles. The molecule has 0 aliphatic rings. The third-order valence-corrected chi connectivity index (χ3v) is 4.84. The molecule has 5 heteroatoms. The molecule has 27 heavy (non-hydrogen) atoms. The number of methoxy groups -OCH3 is 1. The standard InChI is InChI=1S/C22H27BrO4/c1-14-7-10-16(11-8-14)13-26-17-12-9-15(2)18(19(17)23)20(21(24)25-6)27-22(3,4)5/h7-12,20H,13H2,1-6H3. The molecule has 0 aliphatic carbocycles. The zero-order chi connectivity index (χ0) is 20.2. The van der Waals surface area contributed by atoms with Gasteiger partial charge < -0.3 is 14.2 Å². The SMILES string of the molecule is COC(=O)C(OC(C)(C)C)c1c(C)ccc(OCc2ccc(C)cc2)c1Br. The summed E-state index contributed by atoms with van der Waals surface area (Å²) in [6, 6.07) is 12.0. The van der Waals surface area contributed by atoms with Crippen molar-refractivity contribution in [3.63, 3.8) is 0 Å². The molecule has 0 fully saturated rings. The minimum Gasteiger partial charge on any atom is -0.488 e. The Bertz CT molecular complexity index is 791. The lowest BCUT2D eigenvalue weighted by molar-refractivity contribution is -0.164. The molecular weight excluding hydrogens is 408 g/mol. The second kappa shape index (κ2) is 8.89. The van der Waals surface area contributed by atoms with Gasteiger partial charge in [0.05, 0.1) is 17.2 Å². The molecule has 0 radical (unpaired) electrons. The van der Waals surface area contributed by atoms with E-state index >= 15 is 0 Å². The van der Waals surface area contributed by atoms with Crippen LogP contribution < -0.4 is 4.74 Å². The minimum atomic E-state index is -0.840. The van der Waals surface area contributed by atoms with Crippen LogP contribution in [0.5, 0.6) is 5.75 Å². The lowest BCUT2D eigenvalue weighted by atomic mass is 10.0. The van der Waals surface area contributed by atoms with E-state index in [1.165, 1.54) is 12.7 Å². The number of rotatable bonds is 6. The Morgan fingerprint density at radius 3 is 2.26 bits per heavy atom. The molecule has 2 aromatic carbocycles. The highest BCUT2D eigenvalue weighted by atomic mass is 79.9. The molecule has 0 aromatic heterocycles. The molecule has 4 nitrogen and oxygen atoms in total. The second-order valence-corrected chi connectivity index (χ2v) is 8.31. The molecule has 0 saturated carbocycles. The maximum absolute atomic E-state index is 12.4. The predicted molar refractivity (Wildman–Crippen MR) is 110 cm³/mol. The maximum Gasteiger partial charge on any atom is 0.339 e. The summed E-state index contributed by atoms with van der Waals surface area (Å²) in [4.78, 5) is 12.4. The summed E-state index contributed by atoms with van der Waals surface area (Å²) in [5, 5.41) is 0. The molecule has 0 amide bonds. The van der Waals surface area contributed by atoms with E-state index in [9.17, 15) is 4.79 Å². The van der Waals surface area contributed by atoms with Gasteiger partial charge in [0.1, 0.15) is 12.4 Å². The van der Waals surface area contributed by atoms with Gasteiger partial charge >= 0.3 is 5.97 Å². The van der Waals surface area contributed by atoms with Gasteiger partial charge in [0, 0.05) is 5.56 Å². The Labute approximate surface area is 170 Å². The molecule has 0 N–H and O–H groups in total. The van der Waals surface area contributed by atoms with E-state index < -0.39 is 17.7 Å². The molecule has 0 heterocycles. The van der Waals surface area contributed by atoms with Crippen LogP contribution >= 0.6 is 15.9 Å². The van der Waals surface area contributed by atoms with Gasteiger partial charge in [-0.2, -0.15) is 0 Å². The second-order valence-electron chi connectivity index (χ2n) is 7.52. The lowest BCUT2D eigenvalue weighted by Gasteiger charge is -2.28. The highest BCUT2D eigenvalue weighted by Gasteiger charge is 2.31. The molecule has 1 atom stereocenters. The number of esters is 1. The Hall–Kier alpha value is -1.85. The minimum absolute atomic E-state index is 0.435. The Kier molecular flexibility index (Phi) is 7.06. The fraction of sp³-hybridized carbons (Fsp3) is 0.409. The summed E-state index contributed by atoms with van der Waals surface area (Å²) >= 11 is 3.61. The number of aryl methyl sites for hydroxylation is 2. The largest absolute Gasteiger partial charge is 0.488 e. The third-order valence-electron chi connectivity index (χ3n) is 4.03. The van der Waals surface area contributed by atoms with Crippen molar-refractivity contribution >= 4 is 21.9 Å². The average molecular weight is 435 g/mol. The van der Waals surface area contributed by atoms with Crippen molar-refractivity contribution in [1.29, 1.82) is 0 Å². The molecule has 0 saturated heterocycles. The van der Waals surface area contributed by atoms with E-state index in [0.29, 0.717) is 16.8 Å². The fourth-order valence-corrected chi connectivity index (χ4v) is 3.40. The van der Waals surface area contributed by atoms with Crippen molar-refractivity contribution in [2.45, 2.75) is 52.9 Å². The molecule has 0 bridgehead atoms. The van der Waals surface area contributed by atoms with Gasteiger partial charge in [0.2, 0.25) is 0 Å². The van der Waals surface area contributed by atoms with Gasteiger partial charge in [-0.25, -0.2) is 4.79 Å². The molecule has 2 aromatic rings. The van der Waals surface area contributed by atoms with Crippen LogP contribution in [0.1, 0.15) is 49.1 Å². The number of carbonyl (C=O) groups excluding carboxylic acids is 1. The van der Waals surface area contributed by atoms with Crippen LogP contribution in [0.3, 0.4) is 0 Å². The molecular formula is C22H27BrO4. The predicted octanol–water partition coefficient (Wildman–Crippen LogP) is 5.67. The summed E-state index contributed by atoms with van der Waals surface area (Å²) in [6.45, 7) is 10.1. The molecule has 1 unspecified atom stereocenters. The summed E-state index contributed by atoms with van der Waals surface area (Å²) in [6.07, 6.45) is -0.840. The van der Waals surface area contributed by atoms with Crippen molar-refractivity contribution in [3.05, 3.63) is 63.1 Å². The van der Waals surface area contributed by atoms with E-state index in [-0.39, 0.29) is 0 Å². The van der Waals surface area contributed by atoms with Crippen LogP contribution in [0.2, 0.25) is 0 Å². The number of halogens is 1. The number of ether oxygens (including phenoxy) is 3. The van der Waals surface area contributed by atoms with Crippen molar-refractivity contribution < 1.29 is 19.0 Å². The van der Waals surface area contributed by atoms with Crippen molar-refractivity contribution in [2.75, 3.05) is 7.11 Å². The van der Waals surface area contributed by atoms with Gasteiger partial charge in [-0.15, -0.1) is 0 Å². The third kappa shape index (κ3) is 5.81. The first-order chi connectivity index (χ1) is 12.6. The van der Waals surface area contributed by atoms with Crippen molar-refractivity contribution in [2.24, 2.45) is 0 Å². The highest BCUT2D eigenvalue weighted by molar-refractivity contribution is 9.10. The van der Waals surface area contributed by atoms with E-state index in [1.54, 1.807) is 0 Å². The van der Waals surface area contributed by atoms with Crippen LogP contribution in [0, 0.1) is 13.8 Å². The Morgan fingerprint density at radius 1 is 1.07 bits per heavy atom. The first-order valence-electron chi connectivity index (χ1n) is 8.85.